The minimum absolute atomic E-state index is 0.0335. The van der Waals surface area contributed by atoms with E-state index in [-0.39, 0.29) is 5.69 Å². The predicted molar refractivity (Wildman–Crippen MR) is 114 cm³/mol. The molecule has 0 atom stereocenters. The number of rotatable bonds is 5. The summed E-state index contributed by atoms with van der Waals surface area (Å²) in [6.45, 7) is 4.06. The molecule has 0 fully saturated rings. The van der Waals surface area contributed by atoms with E-state index in [1.165, 1.54) is 23.9 Å². The molecule has 3 aromatic rings. The van der Waals surface area contributed by atoms with Gasteiger partial charge in [0.05, 0.1) is 11.1 Å². The lowest BCUT2D eigenvalue weighted by Gasteiger charge is -2.11. The van der Waals surface area contributed by atoms with Crippen molar-refractivity contribution in [3.8, 4) is 11.3 Å². The molecular formula is C20H18N4O3S. The van der Waals surface area contributed by atoms with Crippen LogP contribution < -0.4 is 10.7 Å². The zero-order chi connectivity index (χ0) is 20.1. The van der Waals surface area contributed by atoms with E-state index in [1.54, 1.807) is 24.3 Å². The van der Waals surface area contributed by atoms with Crippen LogP contribution in [0.5, 0.6) is 0 Å². The molecule has 2 N–H and O–H groups in total. The molecule has 0 bridgehead atoms. The van der Waals surface area contributed by atoms with Gasteiger partial charge in [-0.3, -0.25) is 15.5 Å². The molecule has 0 spiro atoms. The number of hydrazone groups is 1. The molecule has 28 heavy (non-hydrogen) atoms. The first kappa shape index (κ1) is 19.2. The highest BCUT2D eigenvalue weighted by molar-refractivity contribution is 7.80. The molecule has 1 heterocycles. The van der Waals surface area contributed by atoms with E-state index >= 15 is 0 Å². The number of furan rings is 1. The van der Waals surface area contributed by atoms with Gasteiger partial charge in [0, 0.05) is 23.4 Å². The third-order valence-electron chi connectivity index (χ3n) is 4.20. The van der Waals surface area contributed by atoms with Gasteiger partial charge >= 0.3 is 0 Å². The van der Waals surface area contributed by atoms with Crippen molar-refractivity contribution in [2.45, 2.75) is 13.8 Å². The molecule has 0 saturated heterocycles. The van der Waals surface area contributed by atoms with Gasteiger partial charge in [0.25, 0.3) is 5.69 Å². The number of nitro groups is 1. The number of aryl methyl sites for hydroxylation is 1. The van der Waals surface area contributed by atoms with Crippen molar-refractivity contribution in [3.63, 3.8) is 0 Å². The lowest BCUT2D eigenvalue weighted by atomic mass is 10.1. The van der Waals surface area contributed by atoms with E-state index in [0.29, 0.717) is 16.6 Å². The van der Waals surface area contributed by atoms with Crippen molar-refractivity contribution >= 4 is 34.9 Å². The first-order valence-corrected chi connectivity index (χ1v) is 8.86. The van der Waals surface area contributed by atoms with Crippen LogP contribution in [0.2, 0.25) is 0 Å². The third-order valence-corrected chi connectivity index (χ3v) is 4.39. The summed E-state index contributed by atoms with van der Waals surface area (Å²) < 4.78 is 5.68. The number of thiocarbonyl (C=S) groups is 1. The van der Waals surface area contributed by atoms with Gasteiger partial charge in [-0.25, -0.2) is 0 Å². The van der Waals surface area contributed by atoms with Gasteiger partial charge in [-0.15, -0.1) is 0 Å². The van der Waals surface area contributed by atoms with Gasteiger partial charge in [-0.2, -0.15) is 5.10 Å². The fourth-order valence-electron chi connectivity index (χ4n) is 2.52. The van der Waals surface area contributed by atoms with Crippen LogP contribution in [0.3, 0.4) is 0 Å². The summed E-state index contributed by atoms with van der Waals surface area (Å²) in [5.74, 6) is 1.11. The van der Waals surface area contributed by atoms with Crippen LogP contribution in [0, 0.1) is 24.0 Å². The molecule has 0 amide bonds. The second-order valence-electron chi connectivity index (χ2n) is 6.08. The number of benzene rings is 2. The second kappa shape index (κ2) is 8.45. The Bertz CT molecular complexity index is 1040. The van der Waals surface area contributed by atoms with Crippen molar-refractivity contribution in [2.75, 3.05) is 5.32 Å². The highest BCUT2D eigenvalue weighted by Gasteiger charge is 2.08. The molecule has 0 radical (unpaired) electrons. The minimum atomic E-state index is -0.440. The van der Waals surface area contributed by atoms with E-state index < -0.39 is 4.92 Å². The number of nitrogens with one attached hydrogen (secondary N) is 2. The maximum atomic E-state index is 10.7. The molecule has 1 aromatic heterocycles. The molecule has 0 aliphatic heterocycles. The van der Waals surface area contributed by atoms with E-state index in [4.69, 9.17) is 16.6 Å². The molecule has 0 aliphatic carbocycles. The third kappa shape index (κ3) is 4.60. The SMILES string of the molecule is Cc1cccc(NC(=S)N/N=C\c2ccc(-c3ccc([N+](=O)[O-])cc3)o2)c1C. The lowest BCUT2D eigenvalue weighted by Crippen LogP contribution is -2.24. The molecule has 8 heteroatoms. The van der Waals surface area contributed by atoms with E-state index in [9.17, 15) is 10.1 Å². The van der Waals surface area contributed by atoms with Crippen molar-refractivity contribution in [1.82, 2.24) is 5.43 Å². The first-order valence-electron chi connectivity index (χ1n) is 8.45. The number of anilines is 1. The monoisotopic (exact) mass is 394 g/mol. The number of nitro benzene ring substituents is 1. The Morgan fingerprint density at radius 2 is 1.89 bits per heavy atom. The second-order valence-corrected chi connectivity index (χ2v) is 6.49. The Kier molecular flexibility index (Phi) is 5.81. The van der Waals surface area contributed by atoms with Crippen LogP contribution >= 0.6 is 12.2 Å². The van der Waals surface area contributed by atoms with Crippen LogP contribution in [-0.2, 0) is 0 Å². The smallest absolute Gasteiger partial charge is 0.269 e. The van der Waals surface area contributed by atoms with E-state index in [1.807, 2.05) is 32.0 Å². The molecule has 7 nitrogen and oxygen atoms in total. The molecule has 0 saturated carbocycles. The fraction of sp³-hybridized carbons (Fsp3) is 0.100. The van der Waals surface area contributed by atoms with E-state index in [2.05, 4.69) is 15.8 Å². The van der Waals surface area contributed by atoms with Crippen LogP contribution in [0.15, 0.2) is 64.1 Å². The van der Waals surface area contributed by atoms with Gasteiger partial charge in [0.1, 0.15) is 11.5 Å². The zero-order valence-corrected chi connectivity index (χ0v) is 16.1. The van der Waals surface area contributed by atoms with Crippen molar-refractivity contribution in [3.05, 3.63) is 81.6 Å². The Hall–Kier alpha value is -3.52. The number of non-ortho nitro benzene ring substituents is 1. The summed E-state index contributed by atoms with van der Waals surface area (Å²) in [6, 6.07) is 15.6. The summed E-state index contributed by atoms with van der Waals surface area (Å²) in [5.41, 5.74) is 6.74. The molecule has 0 aliphatic rings. The highest BCUT2D eigenvalue weighted by atomic mass is 32.1. The van der Waals surface area contributed by atoms with Crippen LogP contribution in [0.1, 0.15) is 16.9 Å². The highest BCUT2D eigenvalue weighted by Crippen LogP contribution is 2.24. The Morgan fingerprint density at radius 3 is 2.61 bits per heavy atom. The lowest BCUT2D eigenvalue weighted by molar-refractivity contribution is -0.384. The quantitative estimate of drug-likeness (QED) is 0.280. The summed E-state index contributed by atoms with van der Waals surface area (Å²) in [4.78, 5) is 10.3. The van der Waals surface area contributed by atoms with E-state index in [0.717, 1.165) is 16.8 Å². The standard InChI is InChI=1S/C20H18N4O3S/c1-13-4-3-5-18(14(13)2)22-20(28)23-21-12-17-10-11-19(27-17)15-6-8-16(9-7-15)24(25)26/h3-12H,1-2H3,(H2,22,23,28)/b21-12-. The maximum Gasteiger partial charge on any atom is 0.269 e. The van der Waals surface area contributed by atoms with Gasteiger partial charge in [-0.05, 0) is 67.5 Å². The average Bonchev–Trinajstić information content (AvgIpc) is 3.14. The Balaban J connectivity index is 1.60. The number of hydrogen-bond acceptors (Lipinski definition) is 5. The van der Waals surface area contributed by atoms with Gasteiger partial charge in [-0.1, -0.05) is 12.1 Å². The van der Waals surface area contributed by atoms with Crippen LogP contribution in [-0.4, -0.2) is 16.3 Å². The topological polar surface area (TPSA) is 92.7 Å². The average molecular weight is 394 g/mol. The summed E-state index contributed by atoms with van der Waals surface area (Å²) >= 11 is 5.25. The summed E-state index contributed by atoms with van der Waals surface area (Å²) in [5, 5.41) is 18.3. The normalized spacial score (nSPS) is 10.8. The summed E-state index contributed by atoms with van der Waals surface area (Å²) in [6.07, 6.45) is 1.51. The van der Waals surface area contributed by atoms with Crippen molar-refractivity contribution in [1.29, 1.82) is 0 Å². The molecule has 0 unspecified atom stereocenters. The minimum Gasteiger partial charge on any atom is -0.455 e. The van der Waals surface area contributed by atoms with Gasteiger partial charge in [0.15, 0.2) is 5.11 Å². The molecule has 2 aromatic carbocycles. The molecule has 3 rings (SSSR count). The number of nitrogens with zero attached hydrogens (tertiary/aromatic N) is 2. The number of hydrogen-bond donors (Lipinski definition) is 2. The van der Waals surface area contributed by atoms with Gasteiger partial charge in [0.2, 0.25) is 0 Å². The largest absolute Gasteiger partial charge is 0.455 e. The zero-order valence-electron chi connectivity index (χ0n) is 15.3. The Morgan fingerprint density at radius 1 is 1.14 bits per heavy atom. The molecule has 142 valence electrons. The fourth-order valence-corrected chi connectivity index (χ4v) is 2.68. The van der Waals surface area contributed by atoms with Crippen LogP contribution in [0.4, 0.5) is 11.4 Å². The first-order chi connectivity index (χ1) is 13.4. The Labute approximate surface area is 167 Å². The summed E-state index contributed by atoms with van der Waals surface area (Å²) in [7, 11) is 0. The van der Waals surface area contributed by atoms with Crippen molar-refractivity contribution in [2.24, 2.45) is 5.10 Å². The van der Waals surface area contributed by atoms with Gasteiger partial charge < -0.3 is 9.73 Å². The predicted octanol–water partition coefficient (Wildman–Crippen LogP) is 4.79. The molecular weight excluding hydrogens is 376 g/mol. The van der Waals surface area contributed by atoms with Crippen molar-refractivity contribution < 1.29 is 9.34 Å². The van der Waals surface area contributed by atoms with Crippen LogP contribution in [0.25, 0.3) is 11.3 Å². The maximum absolute atomic E-state index is 10.7.